The third-order valence-electron chi connectivity index (χ3n) is 1.95. The van der Waals surface area contributed by atoms with Gasteiger partial charge in [0.2, 0.25) is 15.9 Å². The van der Waals surface area contributed by atoms with Gasteiger partial charge in [-0.05, 0) is 6.07 Å². The number of carbonyl (C=O) groups is 1. The Hall–Kier alpha value is -1.38. The Kier molecular flexibility index (Phi) is 4.88. The molecule has 100 valence electrons. The minimum absolute atomic E-state index is 0.0638. The highest BCUT2D eigenvalue weighted by Crippen LogP contribution is 2.19. The highest BCUT2D eigenvalue weighted by Gasteiger charge is 2.15. The monoisotopic (exact) mass is 292 g/mol. The molecule has 0 aromatic carbocycles. The third kappa shape index (κ3) is 4.13. The normalized spacial score (nSPS) is 11.2. The molecule has 0 aliphatic heterocycles. The van der Waals surface area contributed by atoms with Crippen LogP contribution in [0.4, 0.5) is 5.82 Å². The smallest absolute Gasteiger partial charge is 0.242 e. The number of nitrogens with zero attached hydrogens (tertiary/aromatic N) is 1. The minimum Gasteiger partial charge on any atom is -0.382 e. The zero-order valence-corrected chi connectivity index (χ0v) is 11.2. The number of carbonyl (C=O) groups excluding carboxylic acids is 1. The van der Waals surface area contributed by atoms with Gasteiger partial charge in [-0.15, -0.1) is 0 Å². The number of aromatic nitrogens is 1. The maximum Gasteiger partial charge on any atom is 0.242 e. The Balaban J connectivity index is 2.68. The maximum atomic E-state index is 11.8. The molecule has 0 aliphatic carbocycles. The largest absolute Gasteiger partial charge is 0.382 e. The van der Waals surface area contributed by atoms with Gasteiger partial charge >= 0.3 is 0 Å². The van der Waals surface area contributed by atoms with Gasteiger partial charge in [0, 0.05) is 26.2 Å². The summed E-state index contributed by atoms with van der Waals surface area (Å²) < 4.78 is 25.8. The van der Waals surface area contributed by atoms with Crippen LogP contribution in [0.3, 0.4) is 0 Å². The van der Waals surface area contributed by atoms with E-state index in [1.807, 2.05) is 0 Å². The number of nitrogens with two attached hydrogens (primary N) is 1. The molecular formula is C9H13ClN4O3S. The molecule has 1 heterocycles. The second-order valence-corrected chi connectivity index (χ2v) is 5.59. The van der Waals surface area contributed by atoms with Crippen LogP contribution in [0.5, 0.6) is 0 Å². The molecule has 0 bridgehead atoms. The molecular weight excluding hydrogens is 280 g/mol. The van der Waals surface area contributed by atoms with Gasteiger partial charge in [-0.1, -0.05) is 11.6 Å². The lowest BCUT2D eigenvalue weighted by Crippen LogP contribution is -2.33. The lowest BCUT2D eigenvalue weighted by Gasteiger charge is -2.07. The Morgan fingerprint density at radius 1 is 1.50 bits per heavy atom. The van der Waals surface area contributed by atoms with Crippen molar-refractivity contribution in [2.24, 2.45) is 0 Å². The summed E-state index contributed by atoms with van der Waals surface area (Å²) in [5, 5.41) is 2.53. The highest BCUT2D eigenvalue weighted by atomic mass is 35.5. The topological polar surface area (TPSA) is 114 Å². The molecule has 0 aliphatic rings. The number of nitrogen functional groups attached to an aromatic ring is 1. The van der Waals surface area contributed by atoms with Crippen molar-refractivity contribution in [3.63, 3.8) is 0 Å². The fourth-order valence-electron chi connectivity index (χ4n) is 1.09. The van der Waals surface area contributed by atoms with E-state index in [1.165, 1.54) is 13.0 Å². The van der Waals surface area contributed by atoms with Crippen molar-refractivity contribution in [1.82, 2.24) is 15.0 Å². The van der Waals surface area contributed by atoms with Crippen LogP contribution in [0.2, 0.25) is 5.02 Å². The fraction of sp³-hybridized carbons (Fsp3) is 0.333. The summed E-state index contributed by atoms with van der Waals surface area (Å²) in [5.74, 6) is -0.166. The average Bonchev–Trinajstić information content (AvgIpc) is 2.28. The molecule has 1 rings (SSSR count). The predicted octanol–water partition coefficient (Wildman–Crippen LogP) is -0.268. The number of rotatable bonds is 5. The van der Waals surface area contributed by atoms with Crippen molar-refractivity contribution in [3.8, 4) is 0 Å². The van der Waals surface area contributed by atoms with Crippen LogP contribution in [0.25, 0.3) is 0 Å². The zero-order chi connectivity index (χ0) is 13.8. The molecule has 0 atom stereocenters. The molecule has 0 fully saturated rings. The van der Waals surface area contributed by atoms with E-state index >= 15 is 0 Å². The quantitative estimate of drug-likeness (QED) is 0.647. The first kappa shape index (κ1) is 14.7. The molecule has 0 unspecified atom stereocenters. The van der Waals surface area contributed by atoms with Gasteiger partial charge in [-0.2, -0.15) is 0 Å². The molecule has 4 N–H and O–H groups in total. The Morgan fingerprint density at radius 3 is 2.72 bits per heavy atom. The standard InChI is InChI=1S/C9H13ClN4O3S/c1-6(15)12-2-3-14-18(16,17)7-4-8(10)9(11)13-5-7/h4-5,14H,2-3H2,1H3,(H2,11,13)(H,12,15). The minimum atomic E-state index is -3.70. The Morgan fingerprint density at radius 2 is 2.17 bits per heavy atom. The summed E-state index contributed by atoms with van der Waals surface area (Å²) in [4.78, 5) is 14.2. The molecule has 18 heavy (non-hydrogen) atoms. The molecule has 0 saturated carbocycles. The molecule has 7 nitrogen and oxygen atoms in total. The zero-order valence-electron chi connectivity index (χ0n) is 9.60. The first-order valence-electron chi connectivity index (χ1n) is 4.98. The Bertz CT molecular complexity index is 547. The van der Waals surface area contributed by atoms with Crippen molar-refractivity contribution in [3.05, 3.63) is 17.3 Å². The van der Waals surface area contributed by atoms with Crippen molar-refractivity contribution < 1.29 is 13.2 Å². The summed E-state index contributed by atoms with van der Waals surface area (Å²) in [5.41, 5.74) is 5.38. The van der Waals surface area contributed by atoms with Crippen LogP contribution >= 0.6 is 11.6 Å². The van der Waals surface area contributed by atoms with Crippen LogP contribution in [-0.2, 0) is 14.8 Å². The van der Waals surface area contributed by atoms with E-state index in [-0.39, 0.29) is 34.7 Å². The van der Waals surface area contributed by atoms with Crippen molar-refractivity contribution in [2.45, 2.75) is 11.8 Å². The molecule has 1 aromatic heterocycles. The van der Waals surface area contributed by atoms with E-state index in [0.717, 1.165) is 6.20 Å². The molecule has 1 amide bonds. The summed E-state index contributed by atoms with van der Waals surface area (Å²) in [7, 11) is -3.70. The third-order valence-corrected chi connectivity index (χ3v) is 3.68. The van der Waals surface area contributed by atoms with Crippen LogP contribution < -0.4 is 15.8 Å². The lowest BCUT2D eigenvalue weighted by atomic mass is 10.5. The van der Waals surface area contributed by atoms with E-state index in [1.54, 1.807) is 0 Å². The summed E-state index contributed by atoms with van der Waals surface area (Å²) in [6.07, 6.45) is 1.11. The summed E-state index contributed by atoms with van der Waals surface area (Å²) in [6.45, 7) is 1.62. The van der Waals surface area contributed by atoms with Gasteiger partial charge in [-0.25, -0.2) is 18.1 Å². The molecule has 0 saturated heterocycles. The second-order valence-electron chi connectivity index (χ2n) is 3.42. The van der Waals surface area contributed by atoms with Crippen molar-refractivity contribution in [2.75, 3.05) is 18.8 Å². The second kappa shape index (κ2) is 5.98. The van der Waals surface area contributed by atoms with E-state index in [0.29, 0.717) is 0 Å². The number of nitrogens with one attached hydrogen (secondary N) is 2. The fourth-order valence-corrected chi connectivity index (χ4v) is 2.32. The van der Waals surface area contributed by atoms with Crippen LogP contribution in [0, 0.1) is 0 Å². The van der Waals surface area contributed by atoms with Gasteiger partial charge in [0.05, 0.1) is 5.02 Å². The van der Waals surface area contributed by atoms with E-state index in [2.05, 4.69) is 15.0 Å². The van der Waals surface area contributed by atoms with Crippen LogP contribution in [0.1, 0.15) is 6.92 Å². The molecule has 9 heteroatoms. The average molecular weight is 293 g/mol. The number of hydrogen-bond acceptors (Lipinski definition) is 5. The number of sulfonamides is 1. The lowest BCUT2D eigenvalue weighted by molar-refractivity contribution is -0.118. The van der Waals surface area contributed by atoms with Crippen molar-refractivity contribution in [1.29, 1.82) is 0 Å². The van der Waals surface area contributed by atoms with Gasteiger partial charge in [0.15, 0.2) is 0 Å². The molecule has 0 radical (unpaired) electrons. The highest BCUT2D eigenvalue weighted by molar-refractivity contribution is 7.89. The first-order chi connectivity index (χ1) is 8.33. The van der Waals surface area contributed by atoms with Crippen molar-refractivity contribution >= 4 is 33.3 Å². The first-order valence-corrected chi connectivity index (χ1v) is 6.84. The number of amides is 1. The van der Waals surface area contributed by atoms with E-state index in [4.69, 9.17) is 17.3 Å². The van der Waals surface area contributed by atoms with Gasteiger partial charge in [0.25, 0.3) is 0 Å². The Labute approximate surface area is 110 Å². The number of halogens is 1. The SMILES string of the molecule is CC(=O)NCCNS(=O)(=O)c1cnc(N)c(Cl)c1. The number of pyridine rings is 1. The van der Waals surface area contributed by atoms with E-state index < -0.39 is 10.0 Å². The van der Waals surface area contributed by atoms with Gasteiger partial charge in [0.1, 0.15) is 10.7 Å². The summed E-state index contributed by atoms with van der Waals surface area (Å²) >= 11 is 5.69. The van der Waals surface area contributed by atoms with Gasteiger partial charge < -0.3 is 11.1 Å². The van der Waals surface area contributed by atoms with Gasteiger partial charge in [-0.3, -0.25) is 4.79 Å². The van der Waals surface area contributed by atoms with Crippen LogP contribution in [0.15, 0.2) is 17.2 Å². The van der Waals surface area contributed by atoms with E-state index in [9.17, 15) is 13.2 Å². The summed E-state index contributed by atoms with van der Waals surface area (Å²) in [6, 6.07) is 1.21. The van der Waals surface area contributed by atoms with Crippen LogP contribution in [-0.4, -0.2) is 32.4 Å². The number of hydrogen-bond donors (Lipinski definition) is 3. The molecule has 1 aromatic rings. The number of anilines is 1. The molecule has 0 spiro atoms. The maximum absolute atomic E-state index is 11.8. The predicted molar refractivity (Wildman–Crippen MR) is 67.5 cm³/mol.